The molecule has 3 rings (SSSR count). The number of fused-ring (bicyclic) bond motifs is 1. The van der Waals surface area contributed by atoms with Crippen LogP contribution in [0.1, 0.15) is 22.4 Å². The molecule has 0 unspecified atom stereocenters. The fourth-order valence-electron chi connectivity index (χ4n) is 2.53. The minimum absolute atomic E-state index is 0.0282. The van der Waals surface area contributed by atoms with Crippen molar-refractivity contribution in [3.8, 4) is 0 Å². The second kappa shape index (κ2) is 6.09. The zero-order valence-corrected chi connectivity index (χ0v) is 12.4. The zero-order valence-electron chi connectivity index (χ0n) is 12.4. The number of hydrogen-bond donors (Lipinski definition) is 1. The van der Waals surface area contributed by atoms with E-state index in [1.807, 2.05) is 0 Å². The molecule has 24 heavy (non-hydrogen) atoms. The Hall–Kier alpha value is -2.67. The van der Waals surface area contributed by atoms with Gasteiger partial charge in [-0.15, -0.1) is 0 Å². The lowest BCUT2D eigenvalue weighted by atomic mass is 10.0. The van der Waals surface area contributed by atoms with Crippen molar-refractivity contribution < 1.29 is 18.3 Å². The molecule has 2 aromatic heterocycles. The lowest BCUT2D eigenvalue weighted by Crippen LogP contribution is -2.22. The molecule has 1 N–H and O–H groups in total. The molecule has 0 bridgehead atoms. The lowest BCUT2D eigenvalue weighted by Gasteiger charge is -2.11. The Morgan fingerprint density at radius 2 is 1.92 bits per heavy atom. The zero-order chi connectivity index (χ0) is 17.3. The topological polar surface area (TPSA) is 54.6 Å². The maximum atomic E-state index is 12.8. The van der Waals surface area contributed by atoms with Gasteiger partial charge in [0.2, 0.25) is 0 Å². The molecule has 0 amide bonds. The van der Waals surface area contributed by atoms with Gasteiger partial charge in [0.05, 0.1) is 23.4 Å². The molecule has 4 nitrogen and oxygen atoms in total. The summed E-state index contributed by atoms with van der Waals surface area (Å²) < 4.78 is 39.7. The normalized spacial score (nSPS) is 11.8. The van der Waals surface area contributed by atoms with E-state index < -0.39 is 23.9 Å². The summed E-state index contributed by atoms with van der Waals surface area (Å²) in [6.07, 6.45) is -2.88. The predicted octanol–water partition coefficient (Wildman–Crippen LogP) is 2.80. The van der Waals surface area contributed by atoms with Crippen molar-refractivity contribution in [3.63, 3.8) is 0 Å². The highest BCUT2D eigenvalue weighted by atomic mass is 19.4. The number of hydrogen-bond acceptors (Lipinski definition) is 3. The quantitative estimate of drug-likeness (QED) is 0.801. The van der Waals surface area contributed by atoms with Crippen molar-refractivity contribution in [1.29, 1.82) is 0 Å². The van der Waals surface area contributed by atoms with Crippen LogP contribution in [-0.4, -0.2) is 14.5 Å². The van der Waals surface area contributed by atoms with Gasteiger partial charge < -0.3 is 5.11 Å². The molecule has 7 heteroatoms. The minimum Gasteiger partial charge on any atom is -0.391 e. The Kier molecular flexibility index (Phi) is 4.11. The van der Waals surface area contributed by atoms with Gasteiger partial charge in [-0.3, -0.25) is 9.20 Å². The van der Waals surface area contributed by atoms with E-state index >= 15 is 0 Å². The third-order valence-electron chi connectivity index (χ3n) is 3.70. The van der Waals surface area contributed by atoms with Crippen molar-refractivity contribution >= 4 is 5.65 Å². The van der Waals surface area contributed by atoms with Crippen LogP contribution in [0.15, 0.2) is 53.5 Å². The molecular weight excluding hydrogens is 321 g/mol. The molecule has 0 saturated carbocycles. The molecule has 124 valence electrons. The largest absolute Gasteiger partial charge is 0.416 e. The van der Waals surface area contributed by atoms with E-state index in [4.69, 9.17) is 0 Å². The van der Waals surface area contributed by atoms with Crippen molar-refractivity contribution in [3.05, 3.63) is 81.4 Å². The van der Waals surface area contributed by atoms with Crippen LogP contribution in [0.25, 0.3) is 5.65 Å². The van der Waals surface area contributed by atoms with Crippen LogP contribution in [0.2, 0.25) is 0 Å². The number of halogens is 3. The molecule has 0 saturated heterocycles. The first-order valence-electron chi connectivity index (χ1n) is 7.16. The highest BCUT2D eigenvalue weighted by molar-refractivity contribution is 5.42. The lowest BCUT2D eigenvalue weighted by molar-refractivity contribution is -0.137. The fraction of sp³-hybridized carbons (Fsp3) is 0.176. The number of aliphatic hydroxyl groups excluding tert-OH is 1. The standard InChI is InChI=1S/C17H13F3N2O2/c18-17(19,20)12-5-3-4-11(8-12)9-14-13(10-23)16(24)22-7-2-1-6-15(22)21-14/h1-8,23H,9-10H2. The first-order valence-corrected chi connectivity index (χ1v) is 7.16. The molecule has 3 aromatic rings. The summed E-state index contributed by atoms with van der Waals surface area (Å²) in [5, 5.41) is 9.49. The summed E-state index contributed by atoms with van der Waals surface area (Å²) in [6, 6.07) is 9.83. The van der Waals surface area contributed by atoms with Gasteiger partial charge in [-0.05, 0) is 23.8 Å². The first-order chi connectivity index (χ1) is 11.4. The summed E-state index contributed by atoms with van der Waals surface area (Å²) in [6.45, 7) is -0.530. The molecule has 0 aliphatic rings. The second-order valence-electron chi connectivity index (χ2n) is 5.30. The van der Waals surface area contributed by atoms with Gasteiger partial charge in [0.1, 0.15) is 5.65 Å². The fourth-order valence-corrected chi connectivity index (χ4v) is 2.53. The van der Waals surface area contributed by atoms with Gasteiger partial charge in [0.25, 0.3) is 5.56 Å². The minimum atomic E-state index is -4.44. The predicted molar refractivity (Wildman–Crippen MR) is 81.6 cm³/mol. The molecule has 0 aliphatic heterocycles. The smallest absolute Gasteiger partial charge is 0.391 e. The van der Waals surface area contributed by atoms with Crippen molar-refractivity contribution in [2.45, 2.75) is 19.2 Å². The Balaban J connectivity index is 2.09. The molecule has 0 radical (unpaired) electrons. The molecule has 1 aromatic carbocycles. The highest BCUT2D eigenvalue weighted by Gasteiger charge is 2.30. The van der Waals surface area contributed by atoms with Gasteiger partial charge in [0, 0.05) is 12.6 Å². The number of rotatable bonds is 3. The van der Waals surface area contributed by atoms with Crippen molar-refractivity contribution in [2.75, 3.05) is 0 Å². The van der Waals surface area contributed by atoms with Crippen molar-refractivity contribution in [2.24, 2.45) is 0 Å². The number of nitrogens with zero attached hydrogens (tertiary/aromatic N) is 2. The summed E-state index contributed by atoms with van der Waals surface area (Å²) in [7, 11) is 0. The van der Waals surface area contributed by atoms with Crippen LogP contribution < -0.4 is 5.56 Å². The third-order valence-corrected chi connectivity index (χ3v) is 3.70. The van der Waals surface area contributed by atoms with Gasteiger partial charge in [-0.2, -0.15) is 13.2 Å². The third kappa shape index (κ3) is 3.03. The highest BCUT2D eigenvalue weighted by Crippen LogP contribution is 2.30. The number of aromatic nitrogens is 2. The summed E-state index contributed by atoms with van der Waals surface area (Å²) in [5.41, 5.74) is -0.0920. The van der Waals surface area contributed by atoms with E-state index in [0.717, 1.165) is 12.1 Å². The maximum absolute atomic E-state index is 12.8. The number of alkyl halides is 3. The molecular formula is C17H13F3N2O2. The number of benzene rings is 1. The van der Waals surface area contributed by atoms with Crippen LogP contribution in [0.4, 0.5) is 13.2 Å². The van der Waals surface area contributed by atoms with Crippen LogP contribution in [0, 0.1) is 0 Å². The Morgan fingerprint density at radius 1 is 1.12 bits per heavy atom. The number of pyridine rings is 1. The van der Waals surface area contributed by atoms with Crippen LogP contribution >= 0.6 is 0 Å². The van der Waals surface area contributed by atoms with E-state index in [9.17, 15) is 23.1 Å². The molecule has 0 atom stereocenters. The molecule has 0 aliphatic carbocycles. The average Bonchev–Trinajstić information content (AvgIpc) is 2.55. The van der Waals surface area contributed by atoms with E-state index in [-0.39, 0.29) is 17.7 Å². The van der Waals surface area contributed by atoms with Gasteiger partial charge in [-0.1, -0.05) is 24.3 Å². The maximum Gasteiger partial charge on any atom is 0.416 e. The summed E-state index contributed by atoms with van der Waals surface area (Å²) >= 11 is 0. The Labute approximate surface area is 134 Å². The molecule has 0 fully saturated rings. The monoisotopic (exact) mass is 334 g/mol. The summed E-state index contributed by atoms with van der Waals surface area (Å²) in [5.74, 6) is 0. The Morgan fingerprint density at radius 3 is 2.62 bits per heavy atom. The van der Waals surface area contributed by atoms with Crippen LogP contribution in [-0.2, 0) is 19.2 Å². The second-order valence-corrected chi connectivity index (χ2v) is 5.30. The van der Waals surface area contributed by atoms with Crippen LogP contribution in [0.3, 0.4) is 0 Å². The van der Waals surface area contributed by atoms with Gasteiger partial charge >= 0.3 is 6.18 Å². The van der Waals surface area contributed by atoms with E-state index in [1.54, 1.807) is 18.2 Å². The first kappa shape index (κ1) is 16.2. The van der Waals surface area contributed by atoms with E-state index in [2.05, 4.69) is 4.98 Å². The van der Waals surface area contributed by atoms with E-state index in [1.165, 1.54) is 22.7 Å². The van der Waals surface area contributed by atoms with Crippen molar-refractivity contribution in [1.82, 2.24) is 9.38 Å². The van der Waals surface area contributed by atoms with Gasteiger partial charge in [0.15, 0.2) is 0 Å². The SMILES string of the molecule is O=c1c(CO)c(Cc2cccc(C(F)(F)F)c2)nc2ccccn12. The van der Waals surface area contributed by atoms with Crippen LogP contribution in [0.5, 0.6) is 0 Å². The molecule has 0 spiro atoms. The van der Waals surface area contributed by atoms with Gasteiger partial charge in [-0.25, -0.2) is 4.98 Å². The number of aliphatic hydroxyl groups is 1. The van der Waals surface area contributed by atoms with E-state index in [0.29, 0.717) is 11.2 Å². The molecule has 2 heterocycles. The summed E-state index contributed by atoms with van der Waals surface area (Å²) in [4.78, 5) is 16.7. The Bertz CT molecular complexity index is 948. The average molecular weight is 334 g/mol.